The molecule has 0 amide bonds. The van der Waals surface area contributed by atoms with Crippen LogP contribution < -0.4 is 26.2 Å². The smallest absolute Gasteiger partial charge is 0.253 e. The number of ether oxygens (including phenoxy) is 4. The third-order valence-corrected chi connectivity index (χ3v) is 15.3. The van der Waals surface area contributed by atoms with Crippen LogP contribution in [-0.4, -0.2) is 201 Å². The van der Waals surface area contributed by atoms with Crippen molar-refractivity contribution in [3.63, 3.8) is 0 Å². The number of aliphatic hydroxyl groups excluding tert-OH is 1. The number of methoxy groups -OCH3 is 3. The normalized spacial score (nSPS) is 15.6. The monoisotopic (exact) mass is 1130 g/mol. The van der Waals surface area contributed by atoms with Crippen molar-refractivity contribution in [3.8, 4) is 50.6 Å². The van der Waals surface area contributed by atoms with Crippen LogP contribution in [0.5, 0.6) is 17.2 Å². The lowest BCUT2D eigenvalue weighted by atomic mass is 10.0. The molecule has 446 valence electrons. The zero-order chi connectivity index (χ0) is 59.5. The van der Waals surface area contributed by atoms with E-state index in [1.54, 1.807) is 62.2 Å². The SMILES string of the molecule is COCCO.COCCOc1cc(-c2cc(C)c(=O)n(C)c2)ccc1CN1CCN(C)CC1.COc1cc(-c2cc(C)c(=O)n(C)c2)ccc1CN1CCN(C)CC1.Cc1cc(-c2ccc(CN3CCN(C)CC3)c(O)c2)cn(C)c1=O. The highest BCUT2D eigenvalue weighted by atomic mass is 16.5. The summed E-state index contributed by atoms with van der Waals surface area (Å²) in [6.45, 7) is 22.6. The zero-order valence-electron chi connectivity index (χ0n) is 50.9. The van der Waals surface area contributed by atoms with Gasteiger partial charge in [-0.3, -0.25) is 29.1 Å². The fourth-order valence-electron chi connectivity index (χ4n) is 10.1. The molecule has 0 bridgehead atoms. The summed E-state index contributed by atoms with van der Waals surface area (Å²) >= 11 is 0. The number of aromatic hydroxyl groups is 1. The number of phenolic OH excluding ortho intramolecular Hbond substituents is 1. The minimum absolute atomic E-state index is 0.00894. The molecule has 6 heterocycles. The Morgan fingerprint density at radius 3 is 1.09 bits per heavy atom. The Morgan fingerprint density at radius 1 is 0.415 bits per heavy atom. The van der Waals surface area contributed by atoms with Crippen molar-refractivity contribution in [2.24, 2.45) is 21.1 Å². The predicted molar refractivity (Wildman–Crippen MR) is 328 cm³/mol. The molecule has 0 radical (unpaired) electrons. The Morgan fingerprint density at radius 2 is 0.756 bits per heavy atom. The molecule has 3 aromatic carbocycles. The lowest BCUT2D eigenvalue weighted by molar-refractivity contribution is 0.135. The summed E-state index contributed by atoms with van der Waals surface area (Å²) in [5.41, 5.74) is 11.7. The molecule has 3 aliphatic heterocycles. The van der Waals surface area contributed by atoms with E-state index in [0.29, 0.717) is 31.1 Å². The van der Waals surface area contributed by atoms with Crippen LogP contribution in [-0.2, 0) is 50.3 Å². The number of aromatic nitrogens is 3. The number of hydrogen-bond acceptors (Lipinski definition) is 15. The molecule has 3 fully saturated rings. The number of phenols is 1. The Hall–Kier alpha value is -6.45. The predicted octanol–water partition coefficient (Wildman–Crippen LogP) is 5.69. The summed E-state index contributed by atoms with van der Waals surface area (Å²) < 4.78 is 26.1. The maximum atomic E-state index is 12.0. The molecular weight excluding hydrogens is 1040 g/mol. The maximum Gasteiger partial charge on any atom is 0.253 e. The van der Waals surface area contributed by atoms with E-state index in [1.807, 2.05) is 69.7 Å². The van der Waals surface area contributed by atoms with Gasteiger partial charge in [0.2, 0.25) is 0 Å². The molecule has 9 rings (SSSR count). The minimum Gasteiger partial charge on any atom is -0.508 e. The molecular formula is C64H91N9O9. The number of likely N-dealkylation sites (N-methyl/N-ethyl adjacent to an activating group) is 3. The standard InChI is InChI=1S/C22H31N3O3.C20H27N3O2.C19H25N3O2.C3H8O2/c1-17-13-20(15-24(3)22(17)26)18-5-6-19(21(14-18)28-12-11-27-4)16-25-9-7-23(2)8-10-25;1-15-11-18(13-22(3)20(15)24)16-5-6-17(19(12-16)25-4)14-23-9-7-21(2)8-10-23;1-14-10-17(12-21(3)19(14)24)15-4-5-16(18(23)11-15)13-22-8-6-20(2)7-9-22;1-5-3-2-4/h5-6,13-15H,7-12,16H2,1-4H3;5-6,11-13H,7-10,14H2,1-4H3;4-5,10-12,23H,6-9,13H2,1-3H3;4H,2-3H2,1H3. The Kier molecular flexibility index (Phi) is 25.1. The third-order valence-electron chi connectivity index (χ3n) is 15.3. The molecule has 3 aromatic heterocycles. The molecule has 0 aliphatic carbocycles. The molecule has 2 N–H and O–H groups in total. The van der Waals surface area contributed by atoms with E-state index in [1.165, 1.54) is 11.1 Å². The largest absolute Gasteiger partial charge is 0.508 e. The van der Waals surface area contributed by atoms with E-state index < -0.39 is 0 Å². The van der Waals surface area contributed by atoms with Crippen molar-refractivity contribution >= 4 is 0 Å². The van der Waals surface area contributed by atoms with E-state index in [2.05, 4.69) is 91.7 Å². The van der Waals surface area contributed by atoms with E-state index >= 15 is 0 Å². The van der Waals surface area contributed by atoms with Crippen molar-refractivity contribution in [2.75, 3.05) is 147 Å². The zero-order valence-corrected chi connectivity index (χ0v) is 50.9. The molecule has 3 aliphatic rings. The van der Waals surface area contributed by atoms with Crippen LogP contribution in [0.4, 0.5) is 0 Å². The molecule has 82 heavy (non-hydrogen) atoms. The molecule has 3 saturated heterocycles. The van der Waals surface area contributed by atoms with E-state index in [4.69, 9.17) is 19.3 Å². The number of nitrogens with zero attached hydrogens (tertiary/aromatic N) is 9. The van der Waals surface area contributed by atoms with Crippen LogP contribution in [0.15, 0.2) is 106 Å². The van der Waals surface area contributed by atoms with Crippen LogP contribution in [0.1, 0.15) is 33.4 Å². The van der Waals surface area contributed by atoms with Gasteiger partial charge >= 0.3 is 0 Å². The Bertz CT molecular complexity index is 3090. The van der Waals surface area contributed by atoms with Gasteiger partial charge < -0.3 is 57.6 Å². The summed E-state index contributed by atoms with van der Waals surface area (Å²) in [6.07, 6.45) is 5.57. The van der Waals surface area contributed by atoms with Gasteiger partial charge in [-0.2, -0.15) is 0 Å². The van der Waals surface area contributed by atoms with Crippen LogP contribution in [0.2, 0.25) is 0 Å². The highest BCUT2D eigenvalue weighted by Crippen LogP contribution is 2.31. The number of pyridine rings is 3. The second-order valence-corrected chi connectivity index (χ2v) is 22.0. The summed E-state index contributed by atoms with van der Waals surface area (Å²) in [4.78, 5) is 50.1. The quantitative estimate of drug-likeness (QED) is 0.114. The highest BCUT2D eigenvalue weighted by molar-refractivity contribution is 5.68. The number of benzene rings is 3. The first-order chi connectivity index (χ1) is 39.3. The summed E-state index contributed by atoms with van der Waals surface area (Å²) in [6, 6.07) is 24.2. The lowest BCUT2D eigenvalue weighted by Gasteiger charge is -2.32. The van der Waals surface area contributed by atoms with Crippen LogP contribution >= 0.6 is 0 Å². The van der Waals surface area contributed by atoms with Gasteiger partial charge in [0.1, 0.15) is 23.9 Å². The van der Waals surface area contributed by atoms with Gasteiger partial charge in [-0.25, -0.2) is 0 Å². The lowest BCUT2D eigenvalue weighted by Crippen LogP contribution is -2.43. The first kappa shape index (κ1) is 64.7. The minimum atomic E-state index is 0.00894. The summed E-state index contributed by atoms with van der Waals surface area (Å²) in [5.74, 6) is 2.11. The molecule has 0 saturated carbocycles. The first-order valence-corrected chi connectivity index (χ1v) is 28.4. The summed E-state index contributed by atoms with van der Waals surface area (Å²) in [5, 5.41) is 18.4. The molecule has 6 aromatic rings. The molecule has 0 atom stereocenters. The van der Waals surface area contributed by atoms with Crippen molar-refractivity contribution in [3.05, 3.63) is 156 Å². The van der Waals surface area contributed by atoms with Crippen molar-refractivity contribution < 1.29 is 29.2 Å². The van der Waals surface area contributed by atoms with Gasteiger partial charge in [-0.1, -0.05) is 36.4 Å². The average molecular weight is 1130 g/mol. The number of rotatable bonds is 16. The third kappa shape index (κ3) is 18.8. The highest BCUT2D eigenvalue weighted by Gasteiger charge is 2.20. The number of aliphatic hydroxyl groups is 1. The van der Waals surface area contributed by atoms with E-state index in [-0.39, 0.29) is 23.3 Å². The summed E-state index contributed by atoms with van der Waals surface area (Å²) in [7, 11) is 16.8. The van der Waals surface area contributed by atoms with Gasteiger partial charge in [-0.15, -0.1) is 0 Å². The van der Waals surface area contributed by atoms with Gasteiger partial charge in [0.25, 0.3) is 16.7 Å². The van der Waals surface area contributed by atoms with Crippen LogP contribution in [0.25, 0.3) is 33.4 Å². The number of aryl methyl sites for hydroxylation is 6. The van der Waals surface area contributed by atoms with Gasteiger partial charge in [-0.05, 0) is 112 Å². The number of piperazine rings is 3. The molecule has 18 nitrogen and oxygen atoms in total. The van der Waals surface area contributed by atoms with Crippen LogP contribution in [0, 0.1) is 20.8 Å². The second-order valence-electron chi connectivity index (χ2n) is 22.0. The van der Waals surface area contributed by atoms with Crippen molar-refractivity contribution in [1.29, 1.82) is 0 Å². The fourth-order valence-corrected chi connectivity index (χ4v) is 10.1. The molecule has 0 spiro atoms. The first-order valence-electron chi connectivity index (χ1n) is 28.4. The number of hydrogen-bond donors (Lipinski definition) is 2. The van der Waals surface area contributed by atoms with Gasteiger partial charge in [0, 0.05) is 186 Å². The Labute approximate surface area is 485 Å². The molecule has 18 heteroatoms. The van der Waals surface area contributed by atoms with E-state index in [9.17, 15) is 19.5 Å². The van der Waals surface area contributed by atoms with E-state index in [0.717, 1.165) is 160 Å². The Balaban J connectivity index is 0.000000190. The fraction of sp³-hybridized carbons (Fsp3) is 0.484. The maximum absolute atomic E-state index is 12.0. The van der Waals surface area contributed by atoms with Crippen molar-refractivity contribution in [1.82, 2.24) is 43.1 Å². The van der Waals surface area contributed by atoms with Gasteiger partial charge in [0.05, 0.1) is 26.9 Å². The van der Waals surface area contributed by atoms with Crippen LogP contribution in [0.3, 0.4) is 0 Å². The average Bonchev–Trinajstić information content (AvgIpc) is 3.57. The van der Waals surface area contributed by atoms with Crippen molar-refractivity contribution in [2.45, 2.75) is 40.4 Å². The molecule has 0 unspecified atom stereocenters. The topological polar surface area (TPSA) is 163 Å². The van der Waals surface area contributed by atoms with Gasteiger partial charge in [0.15, 0.2) is 0 Å². The second kappa shape index (κ2) is 31.8.